The summed E-state index contributed by atoms with van der Waals surface area (Å²) >= 11 is 0. The van der Waals surface area contributed by atoms with Crippen LogP contribution in [0.1, 0.15) is 18.6 Å². The summed E-state index contributed by atoms with van der Waals surface area (Å²) in [6.07, 6.45) is 1.79. The lowest BCUT2D eigenvalue weighted by molar-refractivity contribution is 0.176. The Bertz CT molecular complexity index is 493. The van der Waals surface area contributed by atoms with Crippen molar-refractivity contribution in [3.05, 3.63) is 17.9 Å². The Kier molecular flexibility index (Phi) is 4.06. The molecule has 2 N–H and O–H groups in total. The molecule has 0 bridgehead atoms. The SMILES string of the molecule is COCCN(C1CC1)S(=O)(=O)c1ccc(CN)o1. The van der Waals surface area contributed by atoms with Gasteiger partial charge in [-0.15, -0.1) is 0 Å². The molecule has 2 rings (SSSR count). The summed E-state index contributed by atoms with van der Waals surface area (Å²) in [5, 5.41) is -0.0362. The van der Waals surface area contributed by atoms with E-state index in [0.717, 1.165) is 12.8 Å². The summed E-state index contributed by atoms with van der Waals surface area (Å²) < 4.78 is 36.4. The summed E-state index contributed by atoms with van der Waals surface area (Å²) in [5.74, 6) is 0.469. The zero-order chi connectivity index (χ0) is 13.2. The molecule has 6 nitrogen and oxygen atoms in total. The van der Waals surface area contributed by atoms with Gasteiger partial charge in [0.1, 0.15) is 5.76 Å². The monoisotopic (exact) mass is 274 g/mol. The number of ether oxygens (including phenoxy) is 1. The Hall–Kier alpha value is -0.890. The fourth-order valence-corrected chi connectivity index (χ4v) is 3.37. The normalized spacial score (nSPS) is 16.4. The molecule has 0 atom stereocenters. The lowest BCUT2D eigenvalue weighted by Gasteiger charge is -2.19. The average Bonchev–Trinajstić information content (AvgIpc) is 3.05. The van der Waals surface area contributed by atoms with Crippen LogP contribution in [0.2, 0.25) is 0 Å². The van der Waals surface area contributed by atoms with Crippen LogP contribution in [-0.2, 0) is 21.3 Å². The van der Waals surface area contributed by atoms with Gasteiger partial charge in [-0.1, -0.05) is 0 Å². The number of hydrogen-bond donors (Lipinski definition) is 1. The Labute approximate surface area is 107 Å². The maximum absolute atomic E-state index is 12.4. The minimum absolute atomic E-state index is 0.0362. The Morgan fingerprint density at radius 3 is 2.72 bits per heavy atom. The highest BCUT2D eigenvalue weighted by atomic mass is 32.2. The standard InChI is InChI=1S/C11H18N2O4S/c1-16-7-6-13(9-2-3-9)18(14,15)11-5-4-10(8-12)17-11/h4-5,9H,2-3,6-8,12H2,1H3. The molecule has 1 saturated carbocycles. The zero-order valence-electron chi connectivity index (χ0n) is 10.3. The minimum atomic E-state index is -3.57. The highest BCUT2D eigenvalue weighted by molar-refractivity contribution is 7.89. The molecule has 0 aromatic carbocycles. The lowest BCUT2D eigenvalue weighted by Crippen LogP contribution is -2.35. The van der Waals surface area contributed by atoms with Gasteiger partial charge in [-0.05, 0) is 25.0 Å². The quantitative estimate of drug-likeness (QED) is 0.784. The summed E-state index contributed by atoms with van der Waals surface area (Å²) in [4.78, 5) is 0. The number of methoxy groups -OCH3 is 1. The predicted octanol–water partition coefficient (Wildman–Crippen LogP) is 0.538. The summed E-state index contributed by atoms with van der Waals surface area (Å²) in [6, 6.07) is 3.13. The topological polar surface area (TPSA) is 85.8 Å². The molecule has 1 heterocycles. The number of sulfonamides is 1. The van der Waals surface area contributed by atoms with Gasteiger partial charge in [0, 0.05) is 19.7 Å². The average molecular weight is 274 g/mol. The van der Waals surface area contributed by atoms with Gasteiger partial charge in [-0.25, -0.2) is 8.42 Å². The Balaban J connectivity index is 2.21. The maximum Gasteiger partial charge on any atom is 0.276 e. The van der Waals surface area contributed by atoms with E-state index in [1.807, 2.05) is 0 Å². The number of hydrogen-bond acceptors (Lipinski definition) is 5. The molecule has 0 aliphatic heterocycles. The van der Waals surface area contributed by atoms with E-state index >= 15 is 0 Å². The van der Waals surface area contributed by atoms with Crippen LogP contribution in [0.4, 0.5) is 0 Å². The first-order valence-electron chi connectivity index (χ1n) is 5.89. The number of furan rings is 1. The van der Waals surface area contributed by atoms with E-state index in [1.165, 1.54) is 10.4 Å². The smallest absolute Gasteiger partial charge is 0.276 e. The van der Waals surface area contributed by atoms with Crippen molar-refractivity contribution in [2.75, 3.05) is 20.3 Å². The van der Waals surface area contributed by atoms with Crippen LogP contribution < -0.4 is 5.73 Å². The van der Waals surface area contributed by atoms with Crippen molar-refractivity contribution in [3.63, 3.8) is 0 Å². The van der Waals surface area contributed by atoms with Crippen LogP contribution in [0.5, 0.6) is 0 Å². The highest BCUT2D eigenvalue weighted by Gasteiger charge is 2.39. The van der Waals surface area contributed by atoms with Crippen LogP contribution in [0.3, 0.4) is 0 Å². The van der Waals surface area contributed by atoms with Crippen molar-refractivity contribution < 1.29 is 17.6 Å². The van der Waals surface area contributed by atoms with Gasteiger partial charge in [0.05, 0.1) is 13.2 Å². The fourth-order valence-electron chi connectivity index (χ4n) is 1.76. The largest absolute Gasteiger partial charge is 0.447 e. The van der Waals surface area contributed by atoms with Crippen LogP contribution >= 0.6 is 0 Å². The highest BCUT2D eigenvalue weighted by Crippen LogP contribution is 2.32. The number of nitrogens with two attached hydrogens (primary N) is 1. The van der Waals surface area contributed by atoms with Crippen LogP contribution in [0, 0.1) is 0 Å². The maximum atomic E-state index is 12.4. The first-order chi connectivity index (χ1) is 8.59. The number of rotatable bonds is 7. The molecule has 0 radical (unpaired) electrons. The second-order valence-corrected chi connectivity index (χ2v) is 6.09. The third kappa shape index (κ3) is 2.74. The van der Waals surface area contributed by atoms with Crippen molar-refractivity contribution in [2.45, 2.75) is 30.5 Å². The minimum Gasteiger partial charge on any atom is -0.447 e. The van der Waals surface area contributed by atoms with Gasteiger partial charge in [-0.2, -0.15) is 4.31 Å². The van der Waals surface area contributed by atoms with E-state index in [-0.39, 0.29) is 17.7 Å². The molecular formula is C11H18N2O4S. The van der Waals surface area contributed by atoms with Gasteiger partial charge in [0.15, 0.2) is 0 Å². The molecule has 1 aliphatic carbocycles. The van der Waals surface area contributed by atoms with Gasteiger partial charge < -0.3 is 14.9 Å². The summed E-state index contributed by atoms with van der Waals surface area (Å²) in [5.41, 5.74) is 5.41. The van der Waals surface area contributed by atoms with Crippen molar-refractivity contribution in [2.24, 2.45) is 5.73 Å². The van der Waals surface area contributed by atoms with Crippen molar-refractivity contribution >= 4 is 10.0 Å². The molecule has 102 valence electrons. The number of nitrogens with zero attached hydrogens (tertiary/aromatic N) is 1. The second-order valence-electron chi connectivity index (χ2n) is 4.26. The van der Waals surface area contributed by atoms with E-state index in [1.54, 1.807) is 13.2 Å². The third-order valence-corrected chi connectivity index (χ3v) is 4.70. The molecule has 1 aromatic rings. The first-order valence-corrected chi connectivity index (χ1v) is 7.33. The van der Waals surface area contributed by atoms with Gasteiger partial charge in [0.25, 0.3) is 10.0 Å². The van der Waals surface area contributed by atoms with E-state index in [2.05, 4.69) is 0 Å². The summed E-state index contributed by atoms with van der Waals surface area (Å²) in [7, 11) is -2.02. The second kappa shape index (κ2) is 5.40. The molecule has 1 aliphatic rings. The third-order valence-electron chi connectivity index (χ3n) is 2.87. The van der Waals surface area contributed by atoms with Crippen molar-refractivity contribution in [1.82, 2.24) is 4.31 Å². The molecule has 1 fully saturated rings. The van der Waals surface area contributed by atoms with E-state index in [0.29, 0.717) is 18.9 Å². The van der Waals surface area contributed by atoms with Crippen LogP contribution in [0.25, 0.3) is 0 Å². The van der Waals surface area contributed by atoms with Gasteiger partial charge in [0.2, 0.25) is 5.09 Å². The molecule has 0 unspecified atom stereocenters. The van der Waals surface area contributed by atoms with Gasteiger partial charge >= 0.3 is 0 Å². The first kappa shape index (κ1) is 13.5. The molecular weight excluding hydrogens is 256 g/mol. The Morgan fingerprint density at radius 1 is 1.50 bits per heavy atom. The van der Waals surface area contributed by atoms with Gasteiger partial charge in [-0.3, -0.25) is 0 Å². The van der Waals surface area contributed by atoms with Crippen molar-refractivity contribution in [1.29, 1.82) is 0 Å². The zero-order valence-corrected chi connectivity index (χ0v) is 11.1. The molecule has 18 heavy (non-hydrogen) atoms. The molecule has 0 saturated heterocycles. The van der Waals surface area contributed by atoms with E-state index in [4.69, 9.17) is 14.9 Å². The molecule has 1 aromatic heterocycles. The fraction of sp³-hybridized carbons (Fsp3) is 0.636. The van der Waals surface area contributed by atoms with E-state index < -0.39 is 10.0 Å². The lowest BCUT2D eigenvalue weighted by atomic mass is 10.5. The van der Waals surface area contributed by atoms with Crippen LogP contribution in [-0.4, -0.2) is 39.0 Å². The van der Waals surface area contributed by atoms with Crippen molar-refractivity contribution in [3.8, 4) is 0 Å². The molecule has 0 amide bonds. The van der Waals surface area contributed by atoms with Crippen LogP contribution in [0.15, 0.2) is 21.6 Å². The Morgan fingerprint density at radius 2 is 2.22 bits per heavy atom. The predicted molar refractivity (Wildman–Crippen MR) is 65.4 cm³/mol. The molecule has 7 heteroatoms. The van der Waals surface area contributed by atoms with E-state index in [9.17, 15) is 8.42 Å². The summed E-state index contributed by atoms with van der Waals surface area (Å²) in [6.45, 7) is 0.916. The molecule has 0 spiro atoms.